The predicted molar refractivity (Wildman–Crippen MR) is 124 cm³/mol. The van der Waals surface area contributed by atoms with Gasteiger partial charge in [0, 0.05) is 30.7 Å². The predicted octanol–water partition coefficient (Wildman–Crippen LogP) is 3.61. The van der Waals surface area contributed by atoms with Crippen molar-refractivity contribution in [2.75, 3.05) is 19.7 Å². The summed E-state index contributed by atoms with van der Waals surface area (Å²) < 4.78 is 17.4. The number of nitrogens with one attached hydrogen (secondary N) is 1. The van der Waals surface area contributed by atoms with E-state index >= 15 is 0 Å². The summed E-state index contributed by atoms with van der Waals surface area (Å²) in [6.45, 7) is 6.08. The summed E-state index contributed by atoms with van der Waals surface area (Å²) in [6, 6.07) is 3.39. The number of carboxylic acid groups (broad SMARTS) is 1. The number of esters is 1. The lowest BCUT2D eigenvalue weighted by Crippen LogP contribution is -2.60. The number of amides is 1. The summed E-state index contributed by atoms with van der Waals surface area (Å²) in [4.78, 5) is 35.0. The first-order valence-electron chi connectivity index (χ1n) is 11.1. The molecular formula is C23H26N4O6S. The first kappa shape index (κ1) is 22.6. The van der Waals surface area contributed by atoms with Crippen LogP contribution in [-0.2, 0) is 15.1 Å². The molecule has 180 valence electrons. The Morgan fingerprint density at radius 1 is 1.38 bits per heavy atom. The third-order valence-corrected chi connectivity index (χ3v) is 6.86. The molecule has 2 N–H and O–H groups in total. The van der Waals surface area contributed by atoms with Gasteiger partial charge in [-0.15, -0.1) is 11.3 Å². The Labute approximate surface area is 199 Å². The van der Waals surface area contributed by atoms with Crippen molar-refractivity contribution < 1.29 is 28.6 Å². The highest BCUT2D eigenvalue weighted by molar-refractivity contribution is 7.13. The Kier molecular flexibility index (Phi) is 5.48. The van der Waals surface area contributed by atoms with Crippen LogP contribution < -0.4 is 10.1 Å². The number of fused-ring (bicyclic) bond motifs is 3. The lowest BCUT2D eigenvalue weighted by Gasteiger charge is -2.41. The van der Waals surface area contributed by atoms with Crippen LogP contribution in [0.25, 0.3) is 21.7 Å². The number of piperazine rings is 1. The van der Waals surface area contributed by atoms with Gasteiger partial charge in [-0.05, 0) is 45.7 Å². The molecule has 0 radical (unpaired) electrons. The van der Waals surface area contributed by atoms with Gasteiger partial charge in [0.2, 0.25) is 5.89 Å². The van der Waals surface area contributed by atoms with E-state index in [1.165, 1.54) is 16.2 Å². The molecule has 2 atom stereocenters. The molecule has 34 heavy (non-hydrogen) atoms. The minimum atomic E-state index is -0.993. The second kappa shape index (κ2) is 8.24. The highest BCUT2D eigenvalue weighted by Gasteiger charge is 2.55. The zero-order chi connectivity index (χ0) is 24.1. The molecule has 10 nitrogen and oxygen atoms in total. The van der Waals surface area contributed by atoms with Crippen LogP contribution in [-0.4, -0.2) is 63.4 Å². The van der Waals surface area contributed by atoms with Crippen molar-refractivity contribution in [2.24, 2.45) is 0 Å². The lowest BCUT2D eigenvalue weighted by molar-refractivity contribution is -0.157. The van der Waals surface area contributed by atoms with Crippen molar-refractivity contribution in [3.8, 4) is 16.3 Å². The van der Waals surface area contributed by atoms with Gasteiger partial charge >= 0.3 is 12.1 Å². The number of carbonyl (C=O) groups is 2. The fourth-order valence-corrected chi connectivity index (χ4v) is 5.43. The number of aromatic nitrogens is 2. The van der Waals surface area contributed by atoms with E-state index in [4.69, 9.17) is 18.9 Å². The summed E-state index contributed by atoms with van der Waals surface area (Å²) >= 11 is 1.45. The van der Waals surface area contributed by atoms with Crippen LogP contribution in [0.15, 0.2) is 28.1 Å². The van der Waals surface area contributed by atoms with Crippen LogP contribution in [0.4, 0.5) is 4.79 Å². The smallest absolute Gasteiger partial charge is 0.408 e. The van der Waals surface area contributed by atoms with E-state index in [1.54, 1.807) is 33.0 Å². The quantitative estimate of drug-likeness (QED) is 0.520. The lowest BCUT2D eigenvalue weighted by atomic mass is 9.96. The number of hydrogen-bond acceptors (Lipinski definition) is 9. The van der Waals surface area contributed by atoms with Crippen LogP contribution in [0.2, 0.25) is 0 Å². The van der Waals surface area contributed by atoms with Crippen molar-refractivity contribution >= 4 is 34.5 Å². The number of carbonyl (C=O) groups excluding carboxylic acids is 1. The largest absolute Gasteiger partial charge is 0.479 e. The molecule has 11 heteroatoms. The Morgan fingerprint density at radius 2 is 2.21 bits per heavy atom. The van der Waals surface area contributed by atoms with Gasteiger partial charge in [0.15, 0.2) is 17.7 Å². The van der Waals surface area contributed by atoms with Gasteiger partial charge in [-0.3, -0.25) is 4.90 Å². The molecule has 5 rings (SSSR count). The van der Waals surface area contributed by atoms with Gasteiger partial charge in [-0.1, -0.05) is 0 Å². The first-order valence-corrected chi connectivity index (χ1v) is 12.0. The monoisotopic (exact) mass is 486 g/mol. The van der Waals surface area contributed by atoms with E-state index in [2.05, 4.69) is 10.3 Å². The number of oxazole rings is 1. The normalized spacial score (nSPS) is 22.2. The zero-order valence-electron chi connectivity index (χ0n) is 19.2. The average molecular weight is 487 g/mol. The number of thiazole rings is 1. The fraction of sp³-hybridized carbons (Fsp3) is 0.478. The molecule has 0 saturated carbocycles. The van der Waals surface area contributed by atoms with E-state index in [0.29, 0.717) is 42.3 Å². The molecule has 2 fully saturated rings. The van der Waals surface area contributed by atoms with E-state index < -0.39 is 23.2 Å². The molecule has 4 heterocycles. The second-order valence-corrected chi connectivity index (χ2v) is 10.4. The maximum atomic E-state index is 12.2. The second-order valence-electron chi connectivity index (χ2n) is 9.53. The zero-order valence-corrected chi connectivity index (χ0v) is 20.0. The molecule has 0 spiro atoms. The number of benzene rings is 1. The van der Waals surface area contributed by atoms with Crippen LogP contribution >= 0.6 is 11.3 Å². The summed E-state index contributed by atoms with van der Waals surface area (Å²) in [5.41, 5.74) is 0.0549. The minimum Gasteiger partial charge on any atom is -0.479 e. The summed E-state index contributed by atoms with van der Waals surface area (Å²) in [7, 11) is 0. The molecule has 0 aliphatic carbocycles. The van der Waals surface area contributed by atoms with Gasteiger partial charge in [0.25, 0.3) is 0 Å². The number of hydrogen-bond donors (Lipinski definition) is 2. The molecule has 1 aromatic carbocycles. The van der Waals surface area contributed by atoms with Gasteiger partial charge in [-0.2, -0.15) is 0 Å². The number of rotatable bonds is 5. The summed E-state index contributed by atoms with van der Waals surface area (Å²) in [5.74, 6) is 0.164. The molecular weight excluding hydrogens is 460 g/mol. The fourth-order valence-electron chi connectivity index (χ4n) is 4.77. The Hall–Kier alpha value is -3.18. The highest BCUT2D eigenvalue weighted by Crippen LogP contribution is 2.46. The van der Waals surface area contributed by atoms with Crippen LogP contribution in [0.1, 0.15) is 39.5 Å². The Morgan fingerprint density at radius 3 is 2.91 bits per heavy atom. The van der Waals surface area contributed by atoms with Crippen LogP contribution in [0, 0.1) is 0 Å². The van der Waals surface area contributed by atoms with Gasteiger partial charge in [0.1, 0.15) is 21.9 Å². The standard InChI is InChI=1S/C23H26N4O6S/c1-22(2,3)33-16(28)11-31-15-5-4-14(19-25-8-9-34-19)18-17(15)26-20(32-18)23-7-6-13(10-24-12-23)27(23)21(29)30/h4-5,8-9,13,24H,6-7,10-12H2,1-3H3,(H,29,30). The molecule has 2 bridgehead atoms. The van der Waals surface area contributed by atoms with E-state index in [1.807, 2.05) is 11.4 Å². The highest BCUT2D eigenvalue weighted by atomic mass is 32.1. The Bertz CT molecular complexity index is 1230. The molecule has 2 aromatic heterocycles. The van der Waals surface area contributed by atoms with Crippen molar-refractivity contribution in [2.45, 2.75) is 50.8 Å². The molecule has 2 saturated heterocycles. The van der Waals surface area contributed by atoms with E-state index in [9.17, 15) is 14.7 Å². The van der Waals surface area contributed by atoms with Gasteiger partial charge < -0.3 is 24.3 Å². The molecule has 2 aliphatic heterocycles. The van der Waals surface area contributed by atoms with E-state index in [-0.39, 0.29) is 12.6 Å². The van der Waals surface area contributed by atoms with Crippen LogP contribution in [0.3, 0.4) is 0 Å². The topological polar surface area (TPSA) is 127 Å². The van der Waals surface area contributed by atoms with Crippen molar-refractivity contribution in [1.29, 1.82) is 0 Å². The summed E-state index contributed by atoms with van der Waals surface area (Å²) in [5, 5.41) is 15.9. The molecule has 1 amide bonds. The third kappa shape index (κ3) is 3.88. The molecule has 2 unspecified atom stereocenters. The number of ether oxygens (including phenoxy) is 2. The van der Waals surface area contributed by atoms with Gasteiger partial charge in [0.05, 0.1) is 5.56 Å². The maximum absolute atomic E-state index is 12.2. The van der Waals surface area contributed by atoms with E-state index in [0.717, 1.165) is 17.0 Å². The Balaban J connectivity index is 1.57. The SMILES string of the molecule is CC(C)(C)OC(=O)COc1ccc(-c2nccs2)c2oc(C34CCC(CNC3)N4C(=O)O)nc12. The minimum absolute atomic E-state index is 0.136. The van der Waals surface area contributed by atoms with Crippen molar-refractivity contribution in [3.63, 3.8) is 0 Å². The van der Waals surface area contributed by atoms with Gasteiger partial charge in [-0.25, -0.2) is 19.6 Å². The van der Waals surface area contributed by atoms with Crippen molar-refractivity contribution in [1.82, 2.24) is 20.2 Å². The average Bonchev–Trinajstić information content (AvgIpc) is 3.49. The van der Waals surface area contributed by atoms with Crippen molar-refractivity contribution in [3.05, 3.63) is 29.6 Å². The first-order chi connectivity index (χ1) is 16.2. The van der Waals surface area contributed by atoms with Crippen LogP contribution in [0.5, 0.6) is 5.75 Å². The third-order valence-electron chi connectivity index (χ3n) is 6.05. The summed E-state index contributed by atoms with van der Waals surface area (Å²) in [6.07, 6.45) is 2.03. The maximum Gasteiger partial charge on any atom is 0.408 e. The molecule has 2 aliphatic rings. The molecule has 3 aromatic rings. The number of nitrogens with zero attached hydrogens (tertiary/aromatic N) is 3.